The molecule has 88 heavy (non-hydrogen) atoms. The number of nitrogens with one attached hydrogen (secondary N) is 1. The molecule has 0 bridgehead atoms. The van der Waals surface area contributed by atoms with Gasteiger partial charge in [0.05, 0.1) is 24.4 Å². The van der Waals surface area contributed by atoms with Gasteiger partial charge in [0.15, 0.2) is 0 Å². The molecular formula is C79H155N5O4. The highest BCUT2D eigenvalue weighted by molar-refractivity contribution is 5.49. The average Bonchev–Trinajstić information content (AvgIpc) is 1.30. The van der Waals surface area contributed by atoms with Crippen molar-refractivity contribution in [3.8, 4) is 0 Å². The van der Waals surface area contributed by atoms with Crippen molar-refractivity contribution in [1.29, 1.82) is 0 Å². The molecule has 0 aliphatic heterocycles. The van der Waals surface area contributed by atoms with Crippen molar-refractivity contribution in [3.05, 3.63) is 77.9 Å². The maximum Gasteiger partial charge on any atom is 0.0728 e. The molecule has 1 aromatic carbocycles. The van der Waals surface area contributed by atoms with Gasteiger partial charge in [-0.1, -0.05) is 211 Å². The van der Waals surface area contributed by atoms with Crippen LogP contribution in [0.5, 0.6) is 0 Å². The smallest absolute Gasteiger partial charge is 0.0728 e. The lowest BCUT2D eigenvalue weighted by Gasteiger charge is -2.48. The Hall–Kier alpha value is -2.18. The van der Waals surface area contributed by atoms with Gasteiger partial charge in [0.2, 0.25) is 0 Å². The van der Waals surface area contributed by atoms with Crippen molar-refractivity contribution >= 4 is 6.08 Å². The van der Waals surface area contributed by atoms with E-state index in [0.717, 1.165) is 51.6 Å². The molecular weight excluding hydrogens is 1080 g/mol. The van der Waals surface area contributed by atoms with Crippen LogP contribution in [0.3, 0.4) is 0 Å². The predicted octanol–water partition coefficient (Wildman–Crippen LogP) is 18.4. The molecule has 1 rings (SSSR count). The Kier molecular flexibility index (Phi) is 41.1. The van der Waals surface area contributed by atoms with E-state index in [0.29, 0.717) is 5.92 Å². The van der Waals surface area contributed by atoms with Crippen LogP contribution in [0.1, 0.15) is 271 Å². The van der Waals surface area contributed by atoms with Crippen LogP contribution in [0.15, 0.2) is 66.8 Å². The Morgan fingerprint density at radius 2 is 0.716 bits per heavy atom. The second-order valence-electron chi connectivity index (χ2n) is 34.8. The molecule has 0 amide bonds. The number of aliphatic hydroxyl groups is 4. The number of allylic oxidation sites excluding steroid dienone is 7. The first-order chi connectivity index (χ1) is 39.6. The first kappa shape index (κ1) is 90.0. The SMILES string of the molecule is C/C=C/C[C@@H](C)[C@@H](O)C(N(C)C(C)(C)C)C(C)(C)C.CCC/C=C/C=C/C[C@@H](C)[C@@H](O)C(N(C)C(C)(C)C)C(C)(C)C.CCNCC[C@@H](C)[C@@H](O)C(N(C)C(C)(C)C)C(C)(C)C.CCc1ccc(/C=C/C[C@@H](C)[C@@H](O)C(N(C)C(C)(C)C)C(C)(C)C)cc1. The average molecular weight is 1240 g/mol. The Morgan fingerprint density at radius 3 is 0.989 bits per heavy atom. The van der Waals surface area contributed by atoms with Crippen LogP contribution in [-0.2, 0) is 6.42 Å². The first-order valence-electron chi connectivity index (χ1n) is 34.7. The van der Waals surface area contributed by atoms with E-state index in [1.807, 2.05) is 6.92 Å². The van der Waals surface area contributed by atoms with Gasteiger partial charge >= 0.3 is 0 Å². The van der Waals surface area contributed by atoms with E-state index < -0.39 is 0 Å². The predicted molar refractivity (Wildman–Crippen MR) is 394 cm³/mol. The summed E-state index contributed by atoms with van der Waals surface area (Å²) in [6.07, 6.45) is 22.9. The second-order valence-corrected chi connectivity index (χ2v) is 34.8. The maximum atomic E-state index is 11.1. The lowest BCUT2D eigenvalue weighted by Crippen LogP contribution is -2.57. The fraction of sp³-hybridized carbons (Fsp3) is 0.823. The summed E-state index contributed by atoms with van der Waals surface area (Å²) in [4.78, 5) is 9.33. The molecule has 0 aliphatic rings. The van der Waals surface area contributed by atoms with Crippen LogP contribution < -0.4 is 5.32 Å². The van der Waals surface area contributed by atoms with Gasteiger partial charge in [0.1, 0.15) is 0 Å². The van der Waals surface area contributed by atoms with Crippen LogP contribution in [0.2, 0.25) is 0 Å². The molecule has 9 heteroatoms. The van der Waals surface area contributed by atoms with E-state index in [4.69, 9.17) is 0 Å². The lowest BCUT2D eigenvalue weighted by atomic mass is 9.76. The number of unbranched alkanes of at least 4 members (excludes halogenated alkanes) is 1. The van der Waals surface area contributed by atoms with E-state index in [1.165, 1.54) is 17.5 Å². The monoisotopic (exact) mass is 1240 g/mol. The fourth-order valence-corrected chi connectivity index (χ4v) is 11.6. The lowest BCUT2D eigenvalue weighted by molar-refractivity contribution is -0.0588. The van der Waals surface area contributed by atoms with Crippen molar-refractivity contribution in [2.75, 3.05) is 41.3 Å². The molecule has 5 N–H and O–H groups in total. The molecule has 0 fully saturated rings. The number of likely N-dealkylation sites (N-methyl/N-ethyl adjacent to an activating group) is 4. The van der Waals surface area contributed by atoms with Gasteiger partial charge in [0.25, 0.3) is 0 Å². The normalized spacial score (nSPS) is 17.9. The minimum atomic E-state index is -0.369. The van der Waals surface area contributed by atoms with Gasteiger partial charge in [-0.15, -0.1) is 0 Å². The van der Waals surface area contributed by atoms with Crippen LogP contribution in [0.25, 0.3) is 6.08 Å². The minimum absolute atomic E-state index is 0.00933. The summed E-state index contributed by atoms with van der Waals surface area (Å²) < 4.78 is 0. The quantitative estimate of drug-likeness (QED) is 0.0335. The molecule has 0 spiro atoms. The topological polar surface area (TPSA) is 106 Å². The van der Waals surface area contributed by atoms with Crippen LogP contribution >= 0.6 is 0 Å². The number of rotatable bonds is 27. The molecule has 0 aromatic heterocycles. The molecule has 0 radical (unpaired) electrons. The zero-order chi connectivity index (χ0) is 69.9. The molecule has 520 valence electrons. The van der Waals surface area contributed by atoms with Gasteiger partial charge in [-0.05, 0) is 226 Å². The van der Waals surface area contributed by atoms with Gasteiger partial charge in [-0.3, -0.25) is 19.6 Å². The highest BCUT2D eigenvalue weighted by Gasteiger charge is 2.44. The van der Waals surface area contributed by atoms with Crippen molar-refractivity contribution in [3.63, 3.8) is 0 Å². The number of aryl methyl sites for hydroxylation is 1. The molecule has 12 atom stereocenters. The van der Waals surface area contributed by atoms with Crippen LogP contribution in [0.4, 0.5) is 0 Å². The molecule has 0 aliphatic carbocycles. The van der Waals surface area contributed by atoms with Crippen molar-refractivity contribution in [2.24, 2.45) is 45.3 Å². The maximum absolute atomic E-state index is 11.1. The summed E-state index contributed by atoms with van der Waals surface area (Å²) in [7, 11) is 8.53. The number of benzene rings is 1. The summed E-state index contributed by atoms with van der Waals surface area (Å²) >= 11 is 0. The molecule has 4 unspecified atom stereocenters. The number of aliphatic hydroxyl groups excluding tert-OH is 4. The summed E-state index contributed by atoms with van der Waals surface area (Å²) in [6, 6.07) is 9.24. The molecule has 0 saturated carbocycles. The Morgan fingerprint density at radius 1 is 0.420 bits per heavy atom. The number of nitrogens with zero attached hydrogens (tertiary/aromatic N) is 4. The molecule has 0 saturated heterocycles. The van der Waals surface area contributed by atoms with Crippen molar-refractivity contribution in [2.45, 2.75) is 337 Å². The number of hydrogen-bond donors (Lipinski definition) is 5. The highest BCUT2D eigenvalue weighted by Crippen LogP contribution is 2.38. The second kappa shape index (κ2) is 40.2. The summed E-state index contributed by atoms with van der Waals surface area (Å²) in [6.45, 7) is 72.2. The molecule has 9 nitrogen and oxygen atoms in total. The standard InChI is InChI=1S/C24H41NO.C21H41NO.C17H38N2O.C17H35NO/c1-10-19-14-16-20(17-15-19)13-11-12-18(2)21(26)22(23(3,4)5)25(9)24(6,7)8;1-10-11-12-13-14-15-16-17(2)18(23)19(20(3,4)5)22(9)21(6,7)8;1-10-18-12-11-13(2)14(20)15(16(3,4)5)19(9)17(6,7)8;1-10-11-12-13(2)14(19)15(16(3,4)5)18(9)17(6,7)8/h11,13-18,21-22,26H,10,12H2,1-9H3;12-15,17-19,23H,10-11,16H2,1-9H3;13-15,18,20H,10-12H2,1-9H3;10-11,13-15,19H,12H2,1-9H3/b13-11+;13-12+,15-14+;;11-10+/t18-,21-,22?;17-,18-,19?;2*13-,14-,15?/m1111/s1. The number of hydrogen-bond acceptors (Lipinski definition) is 9. The minimum Gasteiger partial charge on any atom is -0.391 e. The molecule has 0 heterocycles. The third-order valence-electron chi connectivity index (χ3n) is 18.4. The van der Waals surface area contributed by atoms with Crippen molar-refractivity contribution in [1.82, 2.24) is 24.9 Å². The van der Waals surface area contributed by atoms with E-state index >= 15 is 0 Å². The van der Waals surface area contributed by atoms with E-state index in [1.54, 1.807) is 0 Å². The van der Waals surface area contributed by atoms with E-state index in [-0.39, 0.29) is 110 Å². The van der Waals surface area contributed by atoms with Gasteiger partial charge in [-0.2, -0.15) is 0 Å². The summed E-state index contributed by atoms with van der Waals surface area (Å²) in [5, 5.41) is 47.2. The molecule has 1 aromatic rings. The Bertz CT molecular complexity index is 2060. The van der Waals surface area contributed by atoms with Gasteiger partial charge in [-0.25, -0.2) is 0 Å². The first-order valence-corrected chi connectivity index (χ1v) is 34.7. The zero-order valence-electron chi connectivity index (χ0n) is 65.3. The van der Waals surface area contributed by atoms with Gasteiger partial charge < -0.3 is 25.7 Å². The third kappa shape index (κ3) is 34.6. The summed E-state index contributed by atoms with van der Waals surface area (Å²) in [5.74, 6) is 1.00. The Labute approximate surface area is 550 Å². The fourth-order valence-electron chi connectivity index (χ4n) is 11.6. The highest BCUT2D eigenvalue weighted by atomic mass is 16.3. The Balaban J connectivity index is -0.00000110. The largest absolute Gasteiger partial charge is 0.391 e. The van der Waals surface area contributed by atoms with Crippen LogP contribution in [-0.4, -0.2) is 152 Å². The van der Waals surface area contributed by atoms with Gasteiger partial charge in [0, 0.05) is 46.3 Å². The zero-order valence-corrected chi connectivity index (χ0v) is 65.3. The third-order valence-corrected chi connectivity index (χ3v) is 18.4. The van der Waals surface area contributed by atoms with Crippen LogP contribution in [0, 0.1) is 45.3 Å². The van der Waals surface area contributed by atoms with E-state index in [2.05, 4.69) is 341 Å². The van der Waals surface area contributed by atoms with E-state index in [9.17, 15) is 20.4 Å². The van der Waals surface area contributed by atoms with Crippen molar-refractivity contribution < 1.29 is 20.4 Å². The summed E-state index contributed by atoms with van der Waals surface area (Å²) in [5.41, 5.74) is 2.90.